The number of thiocarbonyl (C=S) groups is 1. The van der Waals surface area contributed by atoms with Gasteiger partial charge in [-0.2, -0.15) is 0 Å². The van der Waals surface area contributed by atoms with Crippen LogP contribution in [0.2, 0.25) is 0 Å². The van der Waals surface area contributed by atoms with E-state index in [9.17, 15) is 27.9 Å². The first-order chi connectivity index (χ1) is 31.5. The summed E-state index contributed by atoms with van der Waals surface area (Å²) in [6, 6.07) is 47.5. The van der Waals surface area contributed by atoms with Crippen LogP contribution in [0.3, 0.4) is 0 Å². The van der Waals surface area contributed by atoms with Crippen LogP contribution in [0.25, 0.3) is 11.1 Å². The van der Waals surface area contributed by atoms with Crippen molar-refractivity contribution >= 4 is 50.3 Å². The van der Waals surface area contributed by atoms with Crippen molar-refractivity contribution < 1.29 is 32.7 Å². The monoisotopic (exact) mass is 906 g/mol. The number of carboxylic acid groups (broad SMARTS) is 1. The van der Waals surface area contributed by atoms with E-state index in [1.807, 2.05) is 42.5 Å². The number of aromatic carboxylic acids is 1. The molecule has 6 aromatic carbocycles. The van der Waals surface area contributed by atoms with Crippen molar-refractivity contribution in [3.05, 3.63) is 210 Å². The molecule has 0 heterocycles. The molecule has 0 aliphatic rings. The van der Waals surface area contributed by atoms with Crippen LogP contribution >= 0.6 is 12.2 Å². The summed E-state index contributed by atoms with van der Waals surface area (Å²) in [5.74, 6) is -1.89. The Morgan fingerprint density at radius 1 is 0.569 bits per heavy atom. The average Bonchev–Trinajstić information content (AvgIpc) is 3.35. The van der Waals surface area contributed by atoms with Crippen LogP contribution in [0.4, 0.5) is 5.69 Å². The Morgan fingerprint density at radius 2 is 1.06 bits per heavy atom. The molecule has 0 fully saturated rings. The molecule has 9 nitrogen and oxygen atoms in total. The Bertz CT molecular complexity index is 2670. The zero-order chi connectivity index (χ0) is 46.4. The molecular weight excluding hydrogens is 853 g/mol. The molecule has 0 saturated heterocycles. The third-order valence-corrected chi connectivity index (χ3v) is 12.5. The number of unbranched alkanes of at least 4 members (excludes halogenated alkanes) is 6. The summed E-state index contributed by atoms with van der Waals surface area (Å²) in [5, 5.41) is 12.5. The maximum Gasteiger partial charge on any atom is 0.362 e. The zero-order valence-electron chi connectivity index (χ0n) is 36.6. The first-order valence-electron chi connectivity index (χ1n) is 21.7. The minimum absolute atomic E-state index is 0.0547. The van der Waals surface area contributed by atoms with E-state index in [2.05, 4.69) is 48.9 Å². The molecule has 0 aromatic heterocycles. The van der Waals surface area contributed by atoms with Crippen molar-refractivity contribution in [1.29, 1.82) is 0 Å². The number of rotatable bonds is 21. The lowest BCUT2D eigenvalue weighted by Crippen LogP contribution is -2.24. The third kappa shape index (κ3) is 14.5. The molecule has 6 rings (SSSR count). The van der Waals surface area contributed by atoms with Gasteiger partial charge in [-0.05, 0) is 103 Å². The van der Waals surface area contributed by atoms with Crippen molar-refractivity contribution in [1.82, 2.24) is 5.48 Å². The maximum atomic E-state index is 13.3. The van der Waals surface area contributed by atoms with E-state index in [4.69, 9.17) is 17.1 Å². The summed E-state index contributed by atoms with van der Waals surface area (Å²) in [7, 11) is -3.69. The van der Waals surface area contributed by atoms with Gasteiger partial charge < -0.3 is 15.3 Å². The Kier molecular flexibility index (Phi) is 19.2. The second-order valence-electron chi connectivity index (χ2n) is 15.0. The molecule has 0 bridgehead atoms. The number of hydrogen-bond acceptors (Lipinski definition) is 9. The highest BCUT2D eigenvalue weighted by Gasteiger charge is 2.20. The molecular formula is C54H54N2O7S2. The molecule has 3 N–H and O–H groups in total. The van der Waals surface area contributed by atoms with Gasteiger partial charge in [-0.25, -0.2) is 23.5 Å². The molecule has 0 spiro atoms. The molecule has 6 aromatic rings. The van der Waals surface area contributed by atoms with Gasteiger partial charge in [0.2, 0.25) is 15.6 Å². The number of hydroxylamine groups is 1. The second-order valence-corrected chi connectivity index (χ2v) is 17.4. The summed E-state index contributed by atoms with van der Waals surface area (Å²) < 4.78 is 25.7. The second kappa shape index (κ2) is 25.4. The van der Waals surface area contributed by atoms with E-state index in [-0.39, 0.29) is 26.8 Å². The Labute approximate surface area is 387 Å². The van der Waals surface area contributed by atoms with Crippen LogP contribution in [0.15, 0.2) is 197 Å². The van der Waals surface area contributed by atoms with Crippen molar-refractivity contribution in [2.24, 2.45) is 0 Å². The number of Topliss-reactive ketones (excluding diaryl/α,β-unsaturated/α-hetero) is 1. The van der Waals surface area contributed by atoms with E-state index < -0.39 is 21.8 Å². The van der Waals surface area contributed by atoms with E-state index in [1.165, 1.54) is 42.5 Å². The predicted octanol–water partition coefficient (Wildman–Crippen LogP) is 12.9. The summed E-state index contributed by atoms with van der Waals surface area (Å²) in [5.41, 5.74) is 8.05. The van der Waals surface area contributed by atoms with Crippen LogP contribution < -0.4 is 10.8 Å². The topological polar surface area (TPSA) is 139 Å². The Morgan fingerprint density at radius 3 is 1.65 bits per heavy atom. The van der Waals surface area contributed by atoms with Crippen LogP contribution in [-0.4, -0.2) is 36.1 Å². The van der Waals surface area contributed by atoms with Crippen molar-refractivity contribution in [2.45, 2.75) is 75.0 Å². The number of carboxylic acids is 1. The molecule has 0 aliphatic heterocycles. The normalized spacial score (nSPS) is 11.4. The number of sulfone groups is 1. The molecule has 65 heavy (non-hydrogen) atoms. The third-order valence-electron chi connectivity index (χ3n) is 10.2. The van der Waals surface area contributed by atoms with Crippen molar-refractivity contribution in [2.75, 3.05) is 5.32 Å². The standard InChI is InChI=1S/C27H27NO5S.C27H27NO2S/c1-2-3-4-8-15-25(28-24-14-10-9-13-23(24)27(30)31)26(29)20-16-18-22(19-17-20)34(32,33)21-11-6-5-7-12-21;1-2-3-4-11-16-25(28-30-27(29)24-14-9-6-10-15-24)26(31)23-19-17-22(18-20-23)21-12-7-5-8-13-21/h5-7,9-19,28H,2-4,8H2,1H3,(H,30,31);5-10,12-20,28H,2-4,11H2,1H3. The molecule has 0 atom stereocenters. The lowest BCUT2D eigenvalue weighted by atomic mass is 10.0. The highest BCUT2D eigenvalue weighted by molar-refractivity contribution is 7.91. The van der Waals surface area contributed by atoms with E-state index >= 15 is 0 Å². The van der Waals surface area contributed by atoms with Crippen LogP contribution in [0, 0.1) is 0 Å². The molecule has 0 aliphatic carbocycles. The fraction of sp³-hybridized carbons (Fsp3) is 0.185. The van der Waals surface area contributed by atoms with Gasteiger partial charge in [-0.3, -0.25) is 4.79 Å². The largest absolute Gasteiger partial charge is 0.478 e. The number of ketones is 1. The SMILES string of the molecule is CCCCCC=C(NOC(=O)c1ccccc1)C(=S)c1ccc(-c2ccccc2)cc1.CCCCCC=C(Nc1ccccc1C(=O)O)C(=O)c1ccc(S(=O)(=O)c2ccccc2)cc1. The van der Waals surface area contributed by atoms with Crippen LogP contribution in [-0.2, 0) is 14.7 Å². The lowest BCUT2D eigenvalue weighted by Gasteiger charge is -2.13. The minimum atomic E-state index is -3.69. The Balaban J connectivity index is 0.000000245. The van der Waals surface area contributed by atoms with Gasteiger partial charge in [0.25, 0.3) is 0 Å². The number of benzene rings is 6. The fourth-order valence-corrected chi connectivity index (χ4v) is 8.14. The van der Waals surface area contributed by atoms with E-state index in [0.717, 1.165) is 61.6 Å². The van der Waals surface area contributed by atoms with Crippen molar-refractivity contribution in [3.8, 4) is 11.1 Å². The van der Waals surface area contributed by atoms with Gasteiger partial charge >= 0.3 is 11.9 Å². The number of anilines is 1. The van der Waals surface area contributed by atoms with Gasteiger partial charge in [0.15, 0.2) is 0 Å². The molecule has 0 unspecified atom stereocenters. The number of hydrogen-bond donors (Lipinski definition) is 3. The number of para-hydroxylation sites is 1. The average molecular weight is 907 g/mol. The Hall–Kier alpha value is -6.95. The van der Waals surface area contributed by atoms with Gasteiger partial charge in [0.1, 0.15) is 0 Å². The van der Waals surface area contributed by atoms with Crippen LogP contribution in [0.5, 0.6) is 0 Å². The zero-order valence-corrected chi connectivity index (χ0v) is 38.2. The van der Waals surface area contributed by atoms with Gasteiger partial charge in [0, 0.05) is 5.56 Å². The van der Waals surface area contributed by atoms with Gasteiger partial charge in [-0.1, -0.05) is 167 Å². The van der Waals surface area contributed by atoms with E-state index in [1.54, 1.807) is 66.7 Å². The quantitative estimate of drug-likeness (QED) is 0.0210. The number of allylic oxidation sites excluding steroid dienone is 4. The first-order valence-corrected chi connectivity index (χ1v) is 23.6. The number of carbonyl (C=O) groups is 3. The summed E-state index contributed by atoms with van der Waals surface area (Å²) >= 11 is 5.73. The predicted molar refractivity (Wildman–Crippen MR) is 263 cm³/mol. The lowest BCUT2D eigenvalue weighted by molar-refractivity contribution is 0.0336. The van der Waals surface area contributed by atoms with Gasteiger partial charge in [0.05, 0.1) is 42.9 Å². The molecule has 0 amide bonds. The molecule has 334 valence electrons. The number of nitrogens with one attached hydrogen (secondary N) is 2. The maximum absolute atomic E-state index is 13.3. The smallest absolute Gasteiger partial charge is 0.362 e. The minimum Gasteiger partial charge on any atom is -0.478 e. The molecule has 11 heteroatoms. The summed E-state index contributed by atoms with van der Waals surface area (Å²) in [6.07, 6.45) is 11.6. The van der Waals surface area contributed by atoms with Crippen LogP contribution in [0.1, 0.15) is 102 Å². The summed E-state index contributed by atoms with van der Waals surface area (Å²) in [6.45, 7) is 4.26. The van der Waals surface area contributed by atoms with Gasteiger partial charge in [-0.15, -0.1) is 0 Å². The summed E-state index contributed by atoms with van der Waals surface area (Å²) in [4.78, 5) is 43.4. The fourth-order valence-electron chi connectivity index (χ4n) is 6.60. The van der Waals surface area contributed by atoms with E-state index in [0.29, 0.717) is 33.8 Å². The number of carbonyl (C=O) groups excluding carboxylic acids is 2. The molecule has 0 radical (unpaired) electrons. The first kappa shape index (κ1) is 49.1. The van der Waals surface area contributed by atoms with Crippen molar-refractivity contribution in [3.63, 3.8) is 0 Å². The molecule has 0 saturated carbocycles. The highest BCUT2D eigenvalue weighted by Crippen LogP contribution is 2.25. The highest BCUT2D eigenvalue weighted by atomic mass is 32.2.